The molecule has 1 amide bonds. The third-order valence-electron chi connectivity index (χ3n) is 5.41. The van der Waals surface area contributed by atoms with E-state index in [1.807, 2.05) is 6.07 Å². The number of carbonyl (C=O) groups is 1. The number of piperidine rings is 1. The lowest BCUT2D eigenvalue weighted by Gasteiger charge is -2.39. The van der Waals surface area contributed by atoms with Crippen LogP contribution >= 0.6 is 0 Å². The number of methoxy groups -OCH3 is 1. The number of hydrogen-bond donors (Lipinski definition) is 0. The van der Waals surface area contributed by atoms with E-state index in [0.717, 1.165) is 20.0 Å². The summed E-state index contributed by atoms with van der Waals surface area (Å²) < 4.78 is 52.6. The lowest BCUT2D eigenvalue weighted by Crippen LogP contribution is -2.49. The zero-order chi connectivity index (χ0) is 19.8. The molecule has 2 atom stereocenters. The first-order valence-electron chi connectivity index (χ1n) is 9.10. The van der Waals surface area contributed by atoms with Crippen molar-refractivity contribution in [2.75, 3.05) is 7.11 Å². The summed E-state index contributed by atoms with van der Waals surface area (Å²) in [6.45, 7) is 0. The summed E-state index contributed by atoms with van der Waals surface area (Å²) in [5.41, 5.74) is -0.515. The van der Waals surface area contributed by atoms with Crippen LogP contribution in [-0.4, -0.2) is 41.1 Å². The van der Waals surface area contributed by atoms with Gasteiger partial charge in [0.25, 0.3) is 5.91 Å². The molecule has 28 heavy (non-hydrogen) atoms. The molecule has 2 aromatic rings. The fraction of sp³-hybridized carbons (Fsp3) is 0.400. The van der Waals surface area contributed by atoms with E-state index in [-0.39, 0.29) is 18.2 Å². The van der Waals surface area contributed by atoms with Crippen molar-refractivity contribution < 1.29 is 27.4 Å². The van der Waals surface area contributed by atoms with Crippen LogP contribution in [0.25, 0.3) is 0 Å². The maximum absolute atomic E-state index is 14.5. The summed E-state index contributed by atoms with van der Waals surface area (Å²) in [5.74, 6) is -4.82. The first kappa shape index (κ1) is 18.6. The smallest absolute Gasteiger partial charge is 0.257 e. The average molecular weight is 392 g/mol. The van der Waals surface area contributed by atoms with E-state index in [1.54, 1.807) is 23.4 Å². The van der Waals surface area contributed by atoms with Gasteiger partial charge in [-0.25, -0.2) is 8.78 Å². The molecule has 0 spiro atoms. The SMILES string of the molecule is COc1c(F)c(F)cc(C(=O)N2C3CCC2CC(Oc2cccnc2)C3)c1F. The Morgan fingerprint density at radius 3 is 2.50 bits per heavy atom. The van der Waals surface area contributed by atoms with Crippen LogP contribution in [0.15, 0.2) is 30.6 Å². The van der Waals surface area contributed by atoms with Crippen molar-refractivity contribution in [1.82, 2.24) is 9.88 Å². The van der Waals surface area contributed by atoms with Crippen LogP contribution in [0.5, 0.6) is 11.5 Å². The molecule has 0 radical (unpaired) electrons. The van der Waals surface area contributed by atoms with Gasteiger partial charge >= 0.3 is 0 Å². The Balaban J connectivity index is 1.55. The molecular formula is C20H19F3N2O3. The Labute approximate surface area is 160 Å². The normalized spacial score (nSPS) is 23.6. The predicted octanol–water partition coefficient (Wildman–Crippen LogP) is 3.72. The van der Waals surface area contributed by atoms with E-state index in [1.165, 1.54) is 0 Å². The van der Waals surface area contributed by atoms with Gasteiger partial charge in [-0.3, -0.25) is 9.78 Å². The van der Waals surface area contributed by atoms with Crippen LogP contribution in [0, 0.1) is 17.5 Å². The largest absolute Gasteiger partial charge is 0.491 e. The Kier molecular flexibility index (Phi) is 4.87. The van der Waals surface area contributed by atoms with Gasteiger partial charge in [-0.1, -0.05) is 0 Å². The van der Waals surface area contributed by atoms with E-state index in [2.05, 4.69) is 9.72 Å². The molecular weight excluding hydrogens is 373 g/mol. The Morgan fingerprint density at radius 2 is 1.89 bits per heavy atom. The van der Waals surface area contributed by atoms with Crippen molar-refractivity contribution in [2.45, 2.75) is 43.9 Å². The fourth-order valence-electron chi connectivity index (χ4n) is 4.22. The molecule has 1 aromatic carbocycles. The third kappa shape index (κ3) is 3.16. The Hall–Kier alpha value is -2.77. The van der Waals surface area contributed by atoms with Crippen molar-refractivity contribution in [1.29, 1.82) is 0 Å². The summed E-state index contributed by atoms with van der Waals surface area (Å²) in [7, 11) is 1.03. The van der Waals surface area contributed by atoms with Crippen LogP contribution in [0.4, 0.5) is 13.2 Å². The maximum Gasteiger partial charge on any atom is 0.257 e. The number of amides is 1. The Bertz CT molecular complexity index is 880. The van der Waals surface area contributed by atoms with Crippen molar-refractivity contribution in [3.05, 3.63) is 53.6 Å². The second kappa shape index (κ2) is 7.33. The average Bonchev–Trinajstić information content (AvgIpc) is 2.96. The number of rotatable bonds is 4. The molecule has 8 heteroatoms. The van der Waals surface area contributed by atoms with E-state index >= 15 is 0 Å². The van der Waals surface area contributed by atoms with Crippen LogP contribution in [-0.2, 0) is 0 Å². The number of pyridine rings is 1. The van der Waals surface area contributed by atoms with Crippen LogP contribution in [0.3, 0.4) is 0 Å². The molecule has 0 saturated carbocycles. The number of fused-ring (bicyclic) bond motifs is 2. The molecule has 2 aliphatic rings. The van der Waals surface area contributed by atoms with E-state index < -0.39 is 34.7 Å². The highest BCUT2D eigenvalue weighted by Crippen LogP contribution is 2.39. The number of hydrogen-bond acceptors (Lipinski definition) is 4. The number of carbonyl (C=O) groups excluding carboxylic acids is 1. The predicted molar refractivity (Wildman–Crippen MR) is 93.7 cm³/mol. The zero-order valence-corrected chi connectivity index (χ0v) is 15.2. The van der Waals surface area contributed by atoms with E-state index in [9.17, 15) is 18.0 Å². The molecule has 5 nitrogen and oxygen atoms in total. The minimum Gasteiger partial charge on any atom is -0.491 e. The molecule has 4 rings (SSSR count). The number of ether oxygens (including phenoxy) is 2. The van der Waals surface area contributed by atoms with Gasteiger partial charge < -0.3 is 14.4 Å². The number of aromatic nitrogens is 1. The van der Waals surface area contributed by atoms with Gasteiger partial charge in [0.15, 0.2) is 17.4 Å². The van der Waals surface area contributed by atoms with Gasteiger partial charge in [-0.2, -0.15) is 4.39 Å². The Morgan fingerprint density at radius 1 is 1.18 bits per heavy atom. The lowest BCUT2D eigenvalue weighted by atomic mass is 9.98. The van der Waals surface area contributed by atoms with Gasteiger partial charge in [-0.05, 0) is 31.0 Å². The first-order valence-corrected chi connectivity index (χ1v) is 9.10. The van der Waals surface area contributed by atoms with Gasteiger partial charge in [0.05, 0.1) is 18.9 Å². The van der Waals surface area contributed by atoms with E-state index in [4.69, 9.17) is 4.74 Å². The standard InChI is InChI=1S/C20H19F3N2O3/c1-27-19-17(22)15(9-16(21)18(19)23)20(26)25-11-4-5-12(25)8-14(7-11)28-13-3-2-6-24-10-13/h2-3,6,9-12,14H,4-5,7-8H2,1H3. The van der Waals surface area contributed by atoms with Crippen molar-refractivity contribution in [3.63, 3.8) is 0 Å². The molecule has 2 fully saturated rings. The summed E-state index contributed by atoms with van der Waals surface area (Å²) in [6, 6.07) is 3.91. The maximum atomic E-state index is 14.5. The monoisotopic (exact) mass is 392 g/mol. The molecule has 2 aliphatic heterocycles. The molecule has 2 unspecified atom stereocenters. The minimum atomic E-state index is -1.44. The zero-order valence-electron chi connectivity index (χ0n) is 15.2. The highest BCUT2D eigenvalue weighted by atomic mass is 19.2. The number of nitrogens with zero attached hydrogens (tertiary/aromatic N) is 2. The lowest BCUT2D eigenvalue weighted by molar-refractivity contribution is 0.0353. The second-order valence-electron chi connectivity index (χ2n) is 7.06. The molecule has 0 aliphatic carbocycles. The summed E-state index contributed by atoms with van der Waals surface area (Å²) in [6.07, 6.45) is 5.87. The van der Waals surface area contributed by atoms with Crippen LogP contribution in [0.2, 0.25) is 0 Å². The van der Waals surface area contributed by atoms with Crippen molar-refractivity contribution >= 4 is 5.91 Å². The highest BCUT2D eigenvalue weighted by molar-refractivity contribution is 5.95. The molecule has 148 valence electrons. The third-order valence-corrected chi connectivity index (χ3v) is 5.41. The molecule has 2 bridgehead atoms. The van der Waals surface area contributed by atoms with Crippen LogP contribution < -0.4 is 9.47 Å². The van der Waals surface area contributed by atoms with Crippen molar-refractivity contribution in [2.24, 2.45) is 0 Å². The quantitative estimate of drug-likeness (QED) is 0.745. The summed E-state index contributed by atoms with van der Waals surface area (Å²) >= 11 is 0. The van der Waals surface area contributed by atoms with Gasteiger partial charge in [-0.15, -0.1) is 0 Å². The summed E-state index contributed by atoms with van der Waals surface area (Å²) in [4.78, 5) is 18.6. The molecule has 2 saturated heterocycles. The number of benzene rings is 1. The van der Waals surface area contributed by atoms with Crippen molar-refractivity contribution in [3.8, 4) is 11.5 Å². The van der Waals surface area contributed by atoms with Gasteiger partial charge in [0, 0.05) is 31.1 Å². The molecule has 0 N–H and O–H groups in total. The van der Waals surface area contributed by atoms with Gasteiger partial charge in [0.1, 0.15) is 11.9 Å². The van der Waals surface area contributed by atoms with Gasteiger partial charge in [0.2, 0.25) is 5.82 Å². The van der Waals surface area contributed by atoms with E-state index in [0.29, 0.717) is 24.7 Å². The fourth-order valence-corrected chi connectivity index (χ4v) is 4.22. The topological polar surface area (TPSA) is 51.7 Å². The number of halogens is 3. The molecule has 1 aromatic heterocycles. The summed E-state index contributed by atoms with van der Waals surface area (Å²) in [5, 5.41) is 0. The molecule has 3 heterocycles. The van der Waals surface area contributed by atoms with Crippen LogP contribution in [0.1, 0.15) is 36.0 Å². The highest BCUT2D eigenvalue weighted by Gasteiger charge is 2.45. The first-order chi connectivity index (χ1) is 13.5. The minimum absolute atomic E-state index is 0.0879. The second-order valence-corrected chi connectivity index (χ2v) is 7.06.